The number of amides is 1. The lowest BCUT2D eigenvalue weighted by atomic mass is 10.4. The Kier molecular flexibility index (Phi) is 3.83. The molecule has 8 nitrogen and oxygen atoms in total. The first kappa shape index (κ1) is 13.8. The fourth-order valence-electron chi connectivity index (χ4n) is 1.69. The minimum absolute atomic E-state index is 0.0516. The fourth-order valence-corrected chi connectivity index (χ4v) is 1.69. The van der Waals surface area contributed by atoms with Crippen LogP contribution in [0, 0.1) is 17.0 Å². The normalized spacial score (nSPS) is 10.5. The van der Waals surface area contributed by atoms with Crippen LogP contribution in [0.15, 0.2) is 28.8 Å². The van der Waals surface area contributed by atoms with Crippen molar-refractivity contribution in [2.45, 2.75) is 20.0 Å². The standard InChI is InChI=1S/C12H14N4O4/c1-9-3-4-10(20-9)7-14(2)12(17)8-15-6-5-11(13-15)16(18)19/h3-6H,7-8H2,1-2H3. The van der Waals surface area contributed by atoms with Crippen molar-refractivity contribution in [1.82, 2.24) is 14.7 Å². The molecular weight excluding hydrogens is 264 g/mol. The van der Waals surface area contributed by atoms with E-state index in [4.69, 9.17) is 4.42 Å². The van der Waals surface area contributed by atoms with Crippen LogP contribution in [-0.2, 0) is 17.9 Å². The maximum absolute atomic E-state index is 12.0. The smallest absolute Gasteiger partial charge is 0.389 e. The molecule has 2 aromatic heterocycles. The minimum Gasteiger partial charge on any atom is -0.464 e. The average Bonchev–Trinajstić information content (AvgIpc) is 2.98. The van der Waals surface area contributed by atoms with Crippen LogP contribution in [0.4, 0.5) is 5.82 Å². The molecule has 0 saturated heterocycles. The largest absolute Gasteiger partial charge is 0.464 e. The molecule has 0 aliphatic heterocycles. The molecule has 8 heteroatoms. The van der Waals surface area contributed by atoms with Gasteiger partial charge < -0.3 is 19.4 Å². The van der Waals surface area contributed by atoms with Gasteiger partial charge in [-0.05, 0) is 24.0 Å². The number of hydrogen-bond acceptors (Lipinski definition) is 5. The highest BCUT2D eigenvalue weighted by Crippen LogP contribution is 2.10. The number of nitrogens with zero attached hydrogens (tertiary/aromatic N) is 4. The average molecular weight is 278 g/mol. The van der Waals surface area contributed by atoms with Crippen LogP contribution in [0.3, 0.4) is 0 Å². The third-order valence-electron chi connectivity index (χ3n) is 2.73. The van der Waals surface area contributed by atoms with Gasteiger partial charge in [0, 0.05) is 7.05 Å². The summed E-state index contributed by atoms with van der Waals surface area (Å²) in [5, 5.41) is 14.2. The number of aryl methyl sites for hydroxylation is 1. The van der Waals surface area contributed by atoms with Gasteiger partial charge in [0.15, 0.2) is 0 Å². The highest BCUT2D eigenvalue weighted by molar-refractivity contribution is 5.75. The van der Waals surface area contributed by atoms with E-state index in [1.807, 2.05) is 13.0 Å². The van der Waals surface area contributed by atoms with E-state index in [-0.39, 0.29) is 18.3 Å². The number of rotatable bonds is 5. The molecule has 0 aliphatic carbocycles. The third-order valence-corrected chi connectivity index (χ3v) is 2.73. The first-order valence-corrected chi connectivity index (χ1v) is 5.93. The lowest BCUT2D eigenvalue weighted by molar-refractivity contribution is -0.389. The molecule has 0 aromatic carbocycles. The summed E-state index contributed by atoms with van der Waals surface area (Å²) in [5.74, 6) is 0.979. The number of nitro groups is 1. The van der Waals surface area contributed by atoms with Crippen LogP contribution in [0.1, 0.15) is 11.5 Å². The molecule has 0 fully saturated rings. The zero-order valence-corrected chi connectivity index (χ0v) is 11.1. The molecule has 0 N–H and O–H groups in total. The van der Waals surface area contributed by atoms with Crippen LogP contribution in [0.25, 0.3) is 0 Å². The summed E-state index contributed by atoms with van der Waals surface area (Å²) < 4.78 is 6.62. The number of carbonyl (C=O) groups excluding carboxylic acids is 1. The Balaban J connectivity index is 1.94. The van der Waals surface area contributed by atoms with Crippen LogP contribution in [-0.4, -0.2) is 32.6 Å². The van der Waals surface area contributed by atoms with E-state index in [9.17, 15) is 14.9 Å². The maximum atomic E-state index is 12.0. The highest BCUT2D eigenvalue weighted by Gasteiger charge is 2.16. The lowest BCUT2D eigenvalue weighted by Crippen LogP contribution is -2.29. The van der Waals surface area contributed by atoms with Crippen LogP contribution in [0.5, 0.6) is 0 Å². The number of aromatic nitrogens is 2. The Morgan fingerprint density at radius 2 is 2.25 bits per heavy atom. The van der Waals surface area contributed by atoms with E-state index >= 15 is 0 Å². The molecule has 0 radical (unpaired) electrons. The van der Waals surface area contributed by atoms with E-state index in [1.54, 1.807) is 13.1 Å². The molecule has 0 saturated carbocycles. The van der Waals surface area contributed by atoms with Gasteiger partial charge in [0.05, 0.1) is 23.9 Å². The van der Waals surface area contributed by atoms with E-state index < -0.39 is 4.92 Å². The van der Waals surface area contributed by atoms with E-state index in [2.05, 4.69) is 5.10 Å². The molecule has 2 heterocycles. The Labute approximate surface area is 114 Å². The van der Waals surface area contributed by atoms with Gasteiger partial charge in [-0.1, -0.05) is 0 Å². The van der Waals surface area contributed by atoms with Gasteiger partial charge >= 0.3 is 5.82 Å². The second-order valence-corrected chi connectivity index (χ2v) is 4.39. The maximum Gasteiger partial charge on any atom is 0.389 e. The quantitative estimate of drug-likeness (QED) is 0.607. The van der Waals surface area contributed by atoms with Crippen molar-refractivity contribution >= 4 is 11.7 Å². The fraction of sp³-hybridized carbons (Fsp3) is 0.333. The minimum atomic E-state index is -0.601. The van der Waals surface area contributed by atoms with Gasteiger partial charge in [-0.2, -0.15) is 4.68 Å². The van der Waals surface area contributed by atoms with Gasteiger partial charge in [-0.15, -0.1) is 0 Å². The van der Waals surface area contributed by atoms with Crippen molar-refractivity contribution in [2.24, 2.45) is 0 Å². The number of furan rings is 1. The zero-order chi connectivity index (χ0) is 14.7. The van der Waals surface area contributed by atoms with Gasteiger partial charge in [-0.3, -0.25) is 4.79 Å². The van der Waals surface area contributed by atoms with Gasteiger partial charge in [0.2, 0.25) is 5.91 Å². The molecule has 1 amide bonds. The van der Waals surface area contributed by atoms with Crippen molar-refractivity contribution in [3.63, 3.8) is 0 Å². The van der Waals surface area contributed by atoms with E-state index in [1.165, 1.54) is 21.8 Å². The second-order valence-electron chi connectivity index (χ2n) is 4.39. The Morgan fingerprint density at radius 3 is 2.80 bits per heavy atom. The zero-order valence-electron chi connectivity index (χ0n) is 11.1. The van der Waals surface area contributed by atoms with Crippen molar-refractivity contribution in [2.75, 3.05) is 7.05 Å². The summed E-state index contributed by atoms with van der Waals surface area (Å²) in [6, 6.07) is 4.88. The van der Waals surface area contributed by atoms with Crippen LogP contribution in [0.2, 0.25) is 0 Å². The molecule has 0 spiro atoms. The predicted octanol–water partition coefficient (Wildman–Crippen LogP) is 1.35. The van der Waals surface area contributed by atoms with Crippen molar-refractivity contribution in [1.29, 1.82) is 0 Å². The van der Waals surface area contributed by atoms with E-state index in [0.29, 0.717) is 12.3 Å². The molecule has 0 unspecified atom stereocenters. The van der Waals surface area contributed by atoms with Crippen LogP contribution >= 0.6 is 0 Å². The van der Waals surface area contributed by atoms with Crippen molar-refractivity contribution in [3.8, 4) is 0 Å². The number of carbonyl (C=O) groups is 1. The summed E-state index contributed by atoms with van der Waals surface area (Å²) in [7, 11) is 1.64. The molecule has 2 rings (SSSR count). The lowest BCUT2D eigenvalue weighted by Gasteiger charge is -2.14. The van der Waals surface area contributed by atoms with Gasteiger partial charge in [-0.25, -0.2) is 0 Å². The Bertz CT molecular complexity index is 631. The monoisotopic (exact) mass is 278 g/mol. The SMILES string of the molecule is Cc1ccc(CN(C)C(=O)Cn2ccc([N+](=O)[O-])n2)o1. The van der Waals surface area contributed by atoms with Crippen molar-refractivity contribution in [3.05, 3.63) is 46.0 Å². The Hall–Kier alpha value is -2.64. The van der Waals surface area contributed by atoms with Crippen molar-refractivity contribution < 1.29 is 14.1 Å². The highest BCUT2D eigenvalue weighted by atomic mass is 16.6. The Morgan fingerprint density at radius 1 is 1.50 bits per heavy atom. The van der Waals surface area contributed by atoms with Gasteiger partial charge in [0.1, 0.15) is 18.1 Å². The molecule has 0 atom stereocenters. The summed E-state index contributed by atoms with van der Waals surface area (Å²) in [6.07, 6.45) is 1.40. The number of hydrogen-bond donors (Lipinski definition) is 0. The number of likely N-dealkylation sites (N-methyl/N-ethyl adjacent to an activating group) is 1. The molecule has 20 heavy (non-hydrogen) atoms. The van der Waals surface area contributed by atoms with Crippen LogP contribution < -0.4 is 0 Å². The predicted molar refractivity (Wildman–Crippen MR) is 68.8 cm³/mol. The topological polar surface area (TPSA) is 94.4 Å². The molecule has 2 aromatic rings. The molecular formula is C12H14N4O4. The van der Waals surface area contributed by atoms with E-state index in [0.717, 1.165) is 5.76 Å². The second kappa shape index (κ2) is 5.55. The molecule has 106 valence electrons. The summed E-state index contributed by atoms with van der Waals surface area (Å²) in [5.41, 5.74) is 0. The molecule has 0 aliphatic rings. The van der Waals surface area contributed by atoms with Gasteiger partial charge in [0.25, 0.3) is 0 Å². The molecule has 0 bridgehead atoms. The summed E-state index contributed by atoms with van der Waals surface area (Å²) in [6.45, 7) is 2.12. The first-order valence-electron chi connectivity index (χ1n) is 5.93. The summed E-state index contributed by atoms with van der Waals surface area (Å²) in [4.78, 5) is 23.3. The first-order chi connectivity index (χ1) is 9.45. The summed E-state index contributed by atoms with van der Waals surface area (Å²) >= 11 is 0. The third kappa shape index (κ3) is 3.22.